The molecule has 1 rings (SSSR count). The van der Waals surface area contributed by atoms with Crippen LogP contribution in [0, 0.1) is 0 Å². The number of aromatic nitrogens is 1. The standard InChI is InChI=1S/C10H15N3O/c1-8(12-10(14)13(2)3)9-4-6-11-7-5-9/h4-8H,1-3H3,(H,12,14). The lowest BCUT2D eigenvalue weighted by atomic mass is 10.1. The molecule has 0 saturated carbocycles. The smallest absolute Gasteiger partial charge is 0.317 e. The van der Waals surface area contributed by atoms with Crippen LogP contribution in [0.2, 0.25) is 0 Å². The van der Waals surface area contributed by atoms with Gasteiger partial charge in [-0.2, -0.15) is 0 Å². The number of nitrogens with zero attached hydrogens (tertiary/aromatic N) is 2. The molecule has 2 amide bonds. The van der Waals surface area contributed by atoms with Gasteiger partial charge in [0.2, 0.25) is 0 Å². The molecule has 1 aromatic rings. The molecule has 1 aromatic heterocycles. The maximum absolute atomic E-state index is 11.3. The highest BCUT2D eigenvalue weighted by Crippen LogP contribution is 2.09. The summed E-state index contributed by atoms with van der Waals surface area (Å²) in [5, 5.41) is 2.85. The van der Waals surface area contributed by atoms with Crippen molar-refractivity contribution in [3.63, 3.8) is 0 Å². The normalized spacial score (nSPS) is 11.9. The van der Waals surface area contributed by atoms with E-state index in [-0.39, 0.29) is 12.1 Å². The number of urea groups is 1. The van der Waals surface area contributed by atoms with Gasteiger partial charge in [0, 0.05) is 26.5 Å². The van der Waals surface area contributed by atoms with Crippen molar-refractivity contribution in [3.05, 3.63) is 30.1 Å². The molecule has 4 heteroatoms. The van der Waals surface area contributed by atoms with Crippen LogP contribution in [0.3, 0.4) is 0 Å². The SMILES string of the molecule is CC(NC(=O)N(C)C)c1ccncc1. The molecule has 0 aromatic carbocycles. The largest absolute Gasteiger partial charge is 0.331 e. The van der Waals surface area contributed by atoms with E-state index in [1.807, 2.05) is 19.1 Å². The Labute approximate surface area is 83.9 Å². The van der Waals surface area contributed by atoms with Crippen molar-refractivity contribution in [1.29, 1.82) is 0 Å². The van der Waals surface area contributed by atoms with E-state index >= 15 is 0 Å². The first-order valence-electron chi connectivity index (χ1n) is 4.49. The van der Waals surface area contributed by atoms with Gasteiger partial charge in [0.15, 0.2) is 0 Å². The minimum atomic E-state index is -0.0886. The minimum Gasteiger partial charge on any atom is -0.331 e. The highest BCUT2D eigenvalue weighted by Gasteiger charge is 2.09. The summed E-state index contributed by atoms with van der Waals surface area (Å²) in [6.45, 7) is 1.94. The lowest BCUT2D eigenvalue weighted by Gasteiger charge is -2.17. The number of hydrogen-bond donors (Lipinski definition) is 1. The van der Waals surface area contributed by atoms with Crippen LogP contribution in [0.25, 0.3) is 0 Å². The summed E-state index contributed by atoms with van der Waals surface area (Å²) >= 11 is 0. The molecule has 1 unspecified atom stereocenters. The molecule has 0 aliphatic carbocycles. The summed E-state index contributed by atoms with van der Waals surface area (Å²) in [5.74, 6) is 0. The van der Waals surface area contributed by atoms with Gasteiger partial charge in [-0.15, -0.1) is 0 Å². The Hall–Kier alpha value is -1.58. The van der Waals surface area contributed by atoms with Gasteiger partial charge in [0.05, 0.1) is 6.04 Å². The molecule has 1 N–H and O–H groups in total. The first-order valence-corrected chi connectivity index (χ1v) is 4.49. The molecule has 1 atom stereocenters. The molecule has 4 nitrogen and oxygen atoms in total. The van der Waals surface area contributed by atoms with Gasteiger partial charge in [-0.25, -0.2) is 4.79 Å². The third-order valence-electron chi connectivity index (χ3n) is 1.95. The van der Waals surface area contributed by atoms with E-state index < -0.39 is 0 Å². The topological polar surface area (TPSA) is 45.2 Å². The second kappa shape index (κ2) is 4.60. The van der Waals surface area contributed by atoms with Crippen molar-refractivity contribution in [2.45, 2.75) is 13.0 Å². The number of carbonyl (C=O) groups excluding carboxylic acids is 1. The number of carbonyl (C=O) groups is 1. The Morgan fingerprint density at radius 3 is 2.50 bits per heavy atom. The van der Waals surface area contributed by atoms with Crippen molar-refractivity contribution >= 4 is 6.03 Å². The third kappa shape index (κ3) is 2.73. The zero-order valence-corrected chi connectivity index (χ0v) is 8.69. The van der Waals surface area contributed by atoms with Crippen molar-refractivity contribution < 1.29 is 4.79 Å². The maximum atomic E-state index is 11.3. The molecule has 0 spiro atoms. The average molecular weight is 193 g/mol. The lowest BCUT2D eigenvalue weighted by Crippen LogP contribution is -2.36. The lowest BCUT2D eigenvalue weighted by molar-refractivity contribution is 0.214. The molecule has 0 fully saturated rings. The quantitative estimate of drug-likeness (QED) is 0.772. The summed E-state index contributed by atoms with van der Waals surface area (Å²) in [6, 6.07) is 3.70. The summed E-state index contributed by atoms with van der Waals surface area (Å²) in [6.07, 6.45) is 3.43. The zero-order valence-electron chi connectivity index (χ0n) is 8.69. The van der Waals surface area contributed by atoms with E-state index in [0.717, 1.165) is 5.56 Å². The Kier molecular flexibility index (Phi) is 3.45. The van der Waals surface area contributed by atoms with E-state index in [0.29, 0.717) is 0 Å². The summed E-state index contributed by atoms with van der Waals surface area (Å²) in [4.78, 5) is 16.8. The molecule has 1 heterocycles. The fourth-order valence-electron chi connectivity index (χ4n) is 1.05. The van der Waals surface area contributed by atoms with Crippen LogP contribution in [0.1, 0.15) is 18.5 Å². The Balaban J connectivity index is 2.59. The number of nitrogens with one attached hydrogen (secondary N) is 1. The fourth-order valence-corrected chi connectivity index (χ4v) is 1.05. The third-order valence-corrected chi connectivity index (χ3v) is 1.95. The molecule has 0 aliphatic rings. The van der Waals surface area contributed by atoms with Gasteiger partial charge >= 0.3 is 6.03 Å². The van der Waals surface area contributed by atoms with Gasteiger partial charge in [0.1, 0.15) is 0 Å². The molecule has 14 heavy (non-hydrogen) atoms. The van der Waals surface area contributed by atoms with Crippen molar-refractivity contribution in [2.75, 3.05) is 14.1 Å². The van der Waals surface area contributed by atoms with Crippen molar-refractivity contribution in [1.82, 2.24) is 15.2 Å². The van der Waals surface area contributed by atoms with Crippen LogP contribution >= 0.6 is 0 Å². The zero-order chi connectivity index (χ0) is 10.6. The van der Waals surface area contributed by atoms with Crippen LogP contribution in [-0.4, -0.2) is 30.0 Å². The van der Waals surface area contributed by atoms with Crippen LogP contribution in [0.4, 0.5) is 4.79 Å². The number of pyridine rings is 1. The van der Waals surface area contributed by atoms with Gasteiger partial charge < -0.3 is 10.2 Å². The first kappa shape index (κ1) is 10.5. The molecule has 0 saturated heterocycles. The predicted molar refractivity (Wildman–Crippen MR) is 54.9 cm³/mol. The van der Waals surface area contributed by atoms with Crippen molar-refractivity contribution in [2.24, 2.45) is 0 Å². The first-order chi connectivity index (χ1) is 6.61. The maximum Gasteiger partial charge on any atom is 0.317 e. The van der Waals surface area contributed by atoms with E-state index in [1.165, 1.54) is 4.90 Å². The van der Waals surface area contributed by atoms with E-state index in [4.69, 9.17) is 0 Å². The van der Waals surface area contributed by atoms with Crippen LogP contribution < -0.4 is 5.32 Å². The van der Waals surface area contributed by atoms with Crippen LogP contribution in [-0.2, 0) is 0 Å². The second-order valence-corrected chi connectivity index (χ2v) is 3.35. The second-order valence-electron chi connectivity index (χ2n) is 3.35. The van der Waals surface area contributed by atoms with Crippen LogP contribution in [0.5, 0.6) is 0 Å². The fraction of sp³-hybridized carbons (Fsp3) is 0.400. The number of amides is 2. The van der Waals surface area contributed by atoms with Gasteiger partial charge in [-0.1, -0.05) is 0 Å². The number of rotatable bonds is 2. The predicted octanol–water partition coefficient (Wildman–Crippen LogP) is 1.41. The summed E-state index contributed by atoms with van der Waals surface area (Å²) in [7, 11) is 3.43. The molecule has 0 aliphatic heterocycles. The minimum absolute atomic E-state index is 0.00731. The molecule has 0 bridgehead atoms. The van der Waals surface area contributed by atoms with Gasteiger partial charge in [0.25, 0.3) is 0 Å². The van der Waals surface area contributed by atoms with Crippen molar-refractivity contribution in [3.8, 4) is 0 Å². The highest BCUT2D eigenvalue weighted by molar-refractivity contribution is 5.73. The number of hydrogen-bond acceptors (Lipinski definition) is 2. The van der Waals surface area contributed by atoms with Crippen LogP contribution in [0.15, 0.2) is 24.5 Å². The molecular formula is C10H15N3O. The summed E-state index contributed by atoms with van der Waals surface area (Å²) in [5.41, 5.74) is 1.05. The van der Waals surface area contributed by atoms with Gasteiger partial charge in [-0.05, 0) is 24.6 Å². The Morgan fingerprint density at radius 2 is 2.00 bits per heavy atom. The van der Waals surface area contributed by atoms with E-state index in [1.54, 1.807) is 26.5 Å². The van der Waals surface area contributed by atoms with E-state index in [2.05, 4.69) is 10.3 Å². The Bertz CT molecular complexity index is 297. The molecular weight excluding hydrogens is 178 g/mol. The van der Waals surface area contributed by atoms with Gasteiger partial charge in [-0.3, -0.25) is 4.98 Å². The monoisotopic (exact) mass is 193 g/mol. The van der Waals surface area contributed by atoms with E-state index in [9.17, 15) is 4.79 Å². The summed E-state index contributed by atoms with van der Waals surface area (Å²) < 4.78 is 0. The Morgan fingerprint density at radius 1 is 1.43 bits per heavy atom. The average Bonchev–Trinajstić information content (AvgIpc) is 2.19. The highest BCUT2D eigenvalue weighted by atomic mass is 16.2. The molecule has 0 radical (unpaired) electrons. The molecule has 76 valence electrons.